The number of thioether (sulfide) groups is 1. The molecule has 124 valence electrons. The van der Waals surface area contributed by atoms with E-state index >= 15 is 0 Å². The molecule has 0 aliphatic carbocycles. The third kappa shape index (κ3) is 2.62. The molecule has 4 nitrogen and oxygen atoms in total. The van der Waals surface area contributed by atoms with Crippen molar-refractivity contribution in [1.82, 2.24) is 9.88 Å². The minimum absolute atomic E-state index is 0.0245. The van der Waals surface area contributed by atoms with Crippen molar-refractivity contribution < 1.29 is 5.11 Å². The van der Waals surface area contributed by atoms with Crippen LogP contribution in [0.4, 0.5) is 0 Å². The zero-order chi connectivity index (χ0) is 16.8. The molecule has 3 atom stereocenters. The average molecular weight is 404 g/mol. The first-order valence-corrected chi connectivity index (χ1v) is 9.63. The lowest BCUT2D eigenvalue weighted by Crippen LogP contribution is -2.28. The van der Waals surface area contributed by atoms with Crippen molar-refractivity contribution in [3.8, 4) is 5.75 Å². The van der Waals surface area contributed by atoms with Crippen LogP contribution in [0.1, 0.15) is 35.8 Å². The SMILES string of the molecule is Cc1cc(Br)c(O)c([C@@H]2[C@@H](c3ccccn3)N=C3S[C@H](C)CN32)c1. The van der Waals surface area contributed by atoms with Gasteiger partial charge in [-0.2, -0.15) is 0 Å². The first kappa shape index (κ1) is 16.0. The molecule has 3 heterocycles. The number of hydrogen-bond acceptors (Lipinski definition) is 5. The maximum atomic E-state index is 10.7. The van der Waals surface area contributed by atoms with Crippen molar-refractivity contribution in [3.05, 3.63) is 57.8 Å². The van der Waals surface area contributed by atoms with E-state index in [0.717, 1.165) is 33.0 Å². The summed E-state index contributed by atoms with van der Waals surface area (Å²) in [5.41, 5.74) is 2.96. The summed E-state index contributed by atoms with van der Waals surface area (Å²) in [5.74, 6) is 0.299. The van der Waals surface area contributed by atoms with Gasteiger partial charge in [-0.3, -0.25) is 9.98 Å². The summed E-state index contributed by atoms with van der Waals surface area (Å²) in [5, 5.41) is 12.2. The van der Waals surface area contributed by atoms with Crippen molar-refractivity contribution >= 4 is 32.9 Å². The molecule has 0 saturated carbocycles. The molecule has 1 N–H and O–H groups in total. The van der Waals surface area contributed by atoms with E-state index in [1.54, 1.807) is 18.0 Å². The Morgan fingerprint density at radius 1 is 1.33 bits per heavy atom. The maximum absolute atomic E-state index is 10.7. The van der Waals surface area contributed by atoms with E-state index in [2.05, 4.69) is 38.8 Å². The third-order valence-corrected chi connectivity index (χ3v) is 6.14. The molecule has 1 fully saturated rings. The summed E-state index contributed by atoms with van der Waals surface area (Å²) in [6, 6.07) is 9.80. The molecule has 6 heteroatoms. The summed E-state index contributed by atoms with van der Waals surface area (Å²) in [6.07, 6.45) is 1.80. The van der Waals surface area contributed by atoms with E-state index in [1.165, 1.54) is 0 Å². The topological polar surface area (TPSA) is 48.7 Å². The number of aliphatic imine (C=N–C) groups is 1. The molecular weight excluding hydrogens is 386 g/mol. The van der Waals surface area contributed by atoms with Crippen LogP contribution in [0.15, 0.2) is 46.0 Å². The number of nitrogens with zero attached hydrogens (tertiary/aromatic N) is 3. The number of phenolic OH excluding ortho intramolecular Hbond substituents is 1. The second kappa shape index (κ2) is 6.08. The molecule has 2 aliphatic heterocycles. The van der Waals surface area contributed by atoms with Gasteiger partial charge in [0, 0.05) is 23.6 Å². The largest absolute Gasteiger partial charge is 0.506 e. The number of aromatic hydroxyl groups is 1. The number of amidine groups is 1. The quantitative estimate of drug-likeness (QED) is 0.804. The highest BCUT2D eigenvalue weighted by Crippen LogP contribution is 2.50. The Morgan fingerprint density at radius 2 is 2.17 bits per heavy atom. The van der Waals surface area contributed by atoms with E-state index in [9.17, 15) is 5.11 Å². The normalized spacial score (nSPS) is 25.7. The lowest BCUT2D eigenvalue weighted by atomic mass is 9.94. The standard InChI is InChI=1S/C18H18BrN3OS/c1-10-7-12(17(23)13(19)8-10)16-15(14-5-3-4-6-20-14)21-18-22(16)9-11(2)24-18/h3-8,11,15-16,23H,9H2,1-2H3/t11-,15-,16-/m1/s1. The Hall–Kier alpha value is -1.53. The zero-order valence-electron chi connectivity index (χ0n) is 13.5. The van der Waals surface area contributed by atoms with E-state index in [0.29, 0.717) is 11.0 Å². The number of hydrogen-bond donors (Lipinski definition) is 1. The minimum atomic E-state index is -0.0965. The Balaban J connectivity index is 1.85. The van der Waals surface area contributed by atoms with E-state index in [1.807, 2.05) is 31.2 Å². The number of rotatable bonds is 2. The van der Waals surface area contributed by atoms with Gasteiger partial charge in [-0.25, -0.2) is 0 Å². The highest BCUT2D eigenvalue weighted by Gasteiger charge is 2.44. The molecule has 0 unspecified atom stereocenters. The van der Waals surface area contributed by atoms with Crippen molar-refractivity contribution in [1.29, 1.82) is 0 Å². The summed E-state index contributed by atoms with van der Waals surface area (Å²) in [6.45, 7) is 5.19. The van der Waals surface area contributed by atoms with Crippen molar-refractivity contribution in [3.63, 3.8) is 0 Å². The van der Waals surface area contributed by atoms with Crippen LogP contribution in [0, 0.1) is 6.92 Å². The highest BCUT2D eigenvalue weighted by molar-refractivity contribution is 9.10. The fraction of sp³-hybridized carbons (Fsp3) is 0.333. The molecule has 0 bridgehead atoms. The molecule has 1 aromatic carbocycles. The molecule has 4 rings (SSSR count). The van der Waals surface area contributed by atoms with Crippen LogP contribution < -0.4 is 0 Å². The van der Waals surface area contributed by atoms with Gasteiger partial charge >= 0.3 is 0 Å². The van der Waals surface area contributed by atoms with Crippen molar-refractivity contribution in [2.24, 2.45) is 4.99 Å². The number of aryl methyl sites for hydroxylation is 1. The number of phenols is 1. The second-order valence-electron chi connectivity index (χ2n) is 6.32. The Kier molecular flexibility index (Phi) is 4.04. The molecule has 0 radical (unpaired) electrons. The lowest BCUT2D eigenvalue weighted by molar-refractivity contribution is 0.311. The number of aromatic nitrogens is 1. The molecular formula is C18H18BrN3OS. The number of pyridine rings is 1. The van der Waals surface area contributed by atoms with Crippen LogP contribution in [0.5, 0.6) is 5.75 Å². The van der Waals surface area contributed by atoms with Gasteiger partial charge < -0.3 is 10.0 Å². The minimum Gasteiger partial charge on any atom is -0.506 e. The highest BCUT2D eigenvalue weighted by atomic mass is 79.9. The van der Waals surface area contributed by atoms with E-state index in [4.69, 9.17) is 4.99 Å². The third-order valence-electron chi connectivity index (χ3n) is 4.44. The summed E-state index contributed by atoms with van der Waals surface area (Å²) >= 11 is 5.28. The predicted octanol–water partition coefficient (Wildman–Crippen LogP) is 4.45. The average Bonchev–Trinajstić information content (AvgIpc) is 3.07. The van der Waals surface area contributed by atoms with Crippen molar-refractivity contribution in [2.75, 3.05) is 6.54 Å². The molecule has 2 aliphatic rings. The van der Waals surface area contributed by atoms with Crippen LogP contribution in [-0.4, -0.2) is 32.0 Å². The molecule has 1 saturated heterocycles. The predicted molar refractivity (Wildman–Crippen MR) is 101 cm³/mol. The summed E-state index contributed by atoms with van der Waals surface area (Å²) in [7, 11) is 0. The molecule has 24 heavy (non-hydrogen) atoms. The Labute approximate surface area is 154 Å². The van der Waals surface area contributed by atoms with Crippen LogP contribution in [0.3, 0.4) is 0 Å². The van der Waals surface area contributed by atoms with Gasteiger partial charge in [-0.1, -0.05) is 30.8 Å². The number of benzene rings is 1. The fourth-order valence-corrected chi connectivity index (χ4v) is 5.12. The van der Waals surface area contributed by atoms with Gasteiger partial charge in [0.15, 0.2) is 5.17 Å². The summed E-state index contributed by atoms with van der Waals surface area (Å²) in [4.78, 5) is 11.8. The van der Waals surface area contributed by atoms with Crippen molar-refractivity contribution in [2.45, 2.75) is 31.2 Å². The monoisotopic (exact) mass is 403 g/mol. The van der Waals surface area contributed by atoms with E-state index < -0.39 is 0 Å². The zero-order valence-corrected chi connectivity index (χ0v) is 15.9. The first-order chi connectivity index (χ1) is 11.5. The van der Waals surface area contributed by atoms with Crippen LogP contribution >= 0.6 is 27.7 Å². The molecule has 2 aromatic rings. The Bertz CT molecular complexity index is 811. The van der Waals surface area contributed by atoms with Gasteiger partial charge in [-0.15, -0.1) is 0 Å². The summed E-state index contributed by atoms with van der Waals surface area (Å²) < 4.78 is 0.727. The van der Waals surface area contributed by atoms with Gasteiger partial charge in [0.25, 0.3) is 0 Å². The van der Waals surface area contributed by atoms with Gasteiger partial charge in [0.05, 0.1) is 16.2 Å². The van der Waals surface area contributed by atoms with Gasteiger partial charge in [0.1, 0.15) is 11.8 Å². The number of halogens is 1. The molecule has 1 aromatic heterocycles. The van der Waals surface area contributed by atoms with Crippen LogP contribution in [-0.2, 0) is 0 Å². The maximum Gasteiger partial charge on any atom is 0.160 e. The smallest absolute Gasteiger partial charge is 0.160 e. The van der Waals surface area contributed by atoms with Crippen LogP contribution in [0.25, 0.3) is 0 Å². The first-order valence-electron chi connectivity index (χ1n) is 7.95. The fourth-order valence-electron chi connectivity index (χ4n) is 3.44. The van der Waals surface area contributed by atoms with Gasteiger partial charge in [-0.05, 0) is 46.6 Å². The van der Waals surface area contributed by atoms with Crippen LogP contribution in [0.2, 0.25) is 0 Å². The molecule has 0 amide bonds. The molecule has 0 spiro atoms. The van der Waals surface area contributed by atoms with Gasteiger partial charge in [0.2, 0.25) is 0 Å². The van der Waals surface area contributed by atoms with E-state index in [-0.39, 0.29) is 12.1 Å². The lowest BCUT2D eigenvalue weighted by Gasteiger charge is -2.28. The Morgan fingerprint density at radius 3 is 2.92 bits per heavy atom. The second-order valence-corrected chi connectivity index (χ2v) is 8.58. The number of fused-ring (bicyclic) bond motifs is 1.